The van der Waals surface area contributed by atoms with Crippen LogP contribution in [0.1, 0.15) is 34.8 Å². The van der Waals surface area contributed by atoms with Crippen LogP contribution >= 0.6 is 34.7 Å². The normalized spacial score (nSPS) is 22.1. The number of piperidine rings is 1. The molecule has 0 amide bonds. The van der Waals surface area contributed by atoms with Gasteiger partial charge in [-0.05, 0) is 30.7 Å². The molecule has 4 nitrogen and oxygen atoms in total. The Bertz CT molecular complexity index is 805. The first kappa shape index (κ1) is 20.6. The SMILES string of the molecule is CSCCn1cc(CN2CCC3(CC2)OCC(C(F)F)c2cc(Cl)sc23)cn1. The largest absolute Gasteiger partial charge is 0.368 e. The molecule has 0 aromatic carbocycles. The van der Waals surface area contributed by atoms with Crippen molar-refractivity contribution in [2.24, 2.45) is 0 Å². The number of fused-ring (bicyclic) bond motifs is 2. The summed E-state index contributed by atoms with van der Waals surface area (Å²) in [6, 6.07) is 1.72. The number of aromatic nitrogens is 2. The van der Waals surface area contributed by atoms with Crippen molar-refractivity contribution in [1.29, 1.82) is 0 Å². The van der Waals surface area contributed by atoms with Gasteiger partial charge in [0.25, 0.3) is 0 Å². The molecule has 1 unspecified atom stereocenters. The maximum Gasteiger partial charge on any atom is 0.247 e. The third-order valence-electron chi connectivity index (χ3n) is 5.67. The quantitative estimate of drug-likeness (QED) is 0.634. The monoisotopic (exact) mass is 447 g/mol. The Hall–Kier alpha value is -0.670. The number of thioether (sulfide) groups is 1. The van der Waals surface area contributed by atoms with Gasteiger partial charge < -0.3 is 4.74 Å². The predicted octanol–water partition coefficient (Wildman–Crippen LogP) is 4.83. The Kier molecular flexibility index (Phi) is 6.32. The molecule has 0 radical (unpaired) electrons. The fourth-order valence-electron chi connectivity index (χ4n) is 4.12. The summed E-state index contributed by atoms with van der Waals surface area (Å²) in [5.74, 6) is 0.185. The van der Waals surface area contributed by atoms with E-state index in [0.717, 1.165) is 49.7 Å². The minimum Gasteiger partial charge on any atom is -0.368 e. The summed E-state index contributed by atoms with van der Waals surface area (Å²) < 4.78 is 35.5. The lowest BCUT2D eigenvalue weighted by Gasteiger charge is -2.45. The number of alkyl halides is 2. The first-order valence-corrected chi connectivity index (χ1v) is 12.0. The van der Waals surface area contributed by atoms with Gasteiger partial charge in [0, 0.05) is 48.6 Å². The summed E-state index contributed by atoms with van der Waals surface area (Å²) in [7, 11) is 0. The third-order valence-corrected chi connectivity index (χ3v) is 7.72. The van der Waals surface area contributed by atoms with E-state index in [1.165, 1.54) is 16.9 Å². The zero-order valence-corrected chi connectivity index (χ0v) is 18.1. The van der Waals surface area contributed by atoms with Crippen molar-refractivity contribution in [2.75, 3.05) is 31.7 Å². The topological polar surface area (TPSA) is 30.3 Å². The van der Waals surface area contributed by atoms with Crippen LogP contribution in [0, 0.1) is 0 Å². The fraction of sp³-hybridized carbons (Fsp3) is 0.632. The number of thiophene rings is 1. The molecule has 0 N–H and O–H groups in total. The van der Waals surface area contributed by atoms with Crippen molar-refractivity contribution in [3.05, 3.63) is 38.8 Å². The summed E-state index contributed by atoms with van der Waals surface area (Å²) in [5, 5.41) is 4.43. The number of likely N-dealkylation sites (tertiary alicyclic amines) is 1. The third kappa shape index (κ3) is 4.12. The second-order valence-corrected chi connectivity index (χ2v) is 10.1. The zero-order valence-electron chi connectivity index (χ0n) is 15.7. The molecule has 2 aromatic rings. The molecule has 0 saturated carbocycles. The fourth-order valence-corrected chi connectivity index (χ4v) is 5.99. The number of aryl methyl sites for hydroxylation is 1. The highest BCUT2D eigenvalue weighted by atomic mass is 35.5. The minimum atomic E-state index is -2.43. The summed E-state index contributed by atoms with van der Waals surface area (Å²) in [6.07, 6.45) is 5.32. The van der Waals surface area contributed by atoms with Gasteiger partial charge in [0.2, 0.25) is 6.43 Å². The second kappa shape index (κ2) is 8.60. The highest BCUT2D eigenvalue weighted by molar-refractivity contribution is 7.98. The van der Waals surface area contributed by atoms with Crippen molar-refractivity contribution in [2.45, 2.75) is 43.9 Å². The Morgan fingerprint density at radius 3 is 2.93 bits per heavy atom. The molecule has 1 saturated heterocycles. The molecule has 4 rings (SSSR count). The Balaban J connectivity index is 1.42. The molecule has 0 aliphatic carbocycles. The lowest BCUT2D eigenvalue weighted by Crippen LogP contribution is -2.46. The summed E-state index contributed by atoms with van der Waals surface area (Å²) in [4.78, 5) is 3.30. The first-order chi connectivity index (χ1) is 13.5. The number of hydrogen-bond donors (Lipinski definition) is 0. The molecule has 28 heavy (non-hydrogen) atoms. The van der Waals surface area contributed by atoms with Gasteiger partial charge in [-0.1, -0.05) is 11.6 Å². The molecule has 4 heterocycles. The van der Waals surface area contributed by atoms with Gasteiger partial charge in [-0.2, -0.15) is 16.9 Å². The number of ether oxygens (including phenoxy) is 1. The van der Waals surface area contributed by atoms with Crippen LogP contribution < -0.4 is 0 Å². The van der Waals surface area contributed by atoms with E-state index in [-0.39, 0.29) is 6.61 Å². The van der Waals surface area contributed by atoms with E-state index < -0.39 is 17.9 Å². The number of halogens is 3. The van der Waals surface area contributed by atoms with Crippen LogP contribution in [0.25, 0.3) is 0 Å². The lowest BCUT2D eigenvalue weighted by atomic mass is 9.82. The Labute approximate surface area is 177 Å². The minimum absolute atomic E-state index is 0.0694. The standard InChI is InChI=1S/C19H24ClF2N3OS2/c1-27-7-6-25-11-13(9-23-25)10-24-4-2-19(3-5-24)17-14(8-16(20)28-17)15(12-26-19)18(21)22/h8-9,11,15,18H,2-7,10,12H2,1H3. The van der Waals surface area contributed by atoms with E-state index in [1.807, 2.05) is 22.6 Å². The van der Waals surface area contributed by atoms with Crippen LogP contribution in [0.4, 0.5) is 8.78 Å². The predicted molar refractivity (Wildman–Crippen MR) is 111 cm³/mol. The van der Waals surface area contributed by atoms with Crippen LogP contribution in [-0.4, -0.2) is 52.8 Å². The van der Waals surface area contributed by atoms with Crippen LogP contribution in [0.3, 0.4) is 0 Å². The molecular formula is C19H24ClF2N3OS2. The molecule has 2 aliphatic rings. The van der Waals surface area contributed by atoms with E-state index in [9.17, 15) is 8.78 Å². The molecule has 2 aliphatic heterocycles. The smallest absolute Gasteiger partial charge is 0.247 e. The average Bonchev–Trinajstić information content (AvgIpc) is 3.28. The average molecular weight is 448 g/mol. The number of hydrogen-bond acceptors (Lipinski definition) is 5. The van der Waals surface area contributed by atoms with Gasteiger partial charge >= 0.3 is 0 Å². The number of nitrogens with zero attached hydrogens (tertiary/aromatic N) is 3. The molecule has 154 valence electrons. The Morgan fingerprint density at radius 2 is 2.21 bits per heavy atom. The first-order valence-electron chi connectivity index (χ1n) is 9.45. The summed E-state index contributed by atoms with van der Waals surface area (Å²) in [6.45, 7) is 3.58. The molecule has 0 bridgehead atoms. The van der Waals surface area contributed by atoms with Gasteiger partial charge in [-0.15, -0.1) is 11.3 Å². The van der Waals surface area contributed by atoms with Gasteiger partial charge in [0.15, 0.2) is 0 Å². The molecule has 2 aromatic heterocycles. The van der Waals surface area contributed by atoms with Crippen LogP contribution in [0.5, 0.6) is 0 Å². The maximum absolute atomic E-state index is 13.4. The highest BCUT2D eigenvalue weighted by Gasteiger charge is 2.46. The van der Waals surface area contributed by atoms with Crippen LogP contribution in [0.2, 0.25) is 4.34 Å². The van der Waals surface area contributed by atoms with Gasteiger partial charge in [-0.3, -0.25) is 9.58 Å². The van der Waals surface area contributed by atoms with Crippen molar-refractivity contribution in [1.82, 2.24) is 14.7 Å². The van der Waals surface area contributed by atoms with Gasteiger partial charge in [-0.25, -0.2) is 8.78 Å². The molecular weight excluding hydrogens is 424 g/mol. The van der Waals surface area contributed by atoms with Crippen molar-refractivity contribution >= 4 is 34.7 Å². The Morgan fingerprint density at radius 1 is 1.43 bits per heavy atom. The lowest BCUT2D eigenvalue weighted by molar-refractivity contribution is -0.116. The van der Waals surface area contributed by atoms with E-state index in [4.69, 9.17) is 16.3 Å². The van der Waals surface area contributed by atoms with Crippen molar-refractivity contribution in [3.8, 4) is 0 Å². The van der Waals surface area contributed by atoms with E-state index in [1.54, 1.807) is 6.07 Å². The maximum atomic E-state index is 13.4. The van der Waals surface area contributed by atoms with Crippen molar-refractivity contribution < 1.29 is 13.5 Å². The molecule has 1 atom stereocenters. The highest BCUT2D eigenvalue weighted by Crippen LogP contribution is 2.50. The van der Waals surface area contributed by atoms with Crippen molar-refractivity contribution in [3.63, 3.8) is 0 Å². The van der Waals surface area contributed by atoms with Gasteiger partial charge in [0.1, 0.15) is 5.60 Å². The number of rotatable bonds is 6. The van der Waals surface area contributed by atoms with E-state index >= 15 is 0 Å². The summed E-state index contributed by atoms with van der Waals surface area (Å²) >= 11 is 9.41. The van der Waals surface area contributed by atoms with Gasteiger partial charge in [0.05, 0.1) is 23.1 Å². The van der Waals surface area contributed by atoms with E-state index in [0.29, 0.717) is 9.90 Å². The molecule has 1 spiro atoms. The zero-order chi connectivity index (χ0) is 19.7. The summed E-state index contributed by atoms with van der Waals surface area (Å²) in [5.41, 5.74) is 1.44. The van der Waals surface area contributed by atoms with Crippen LogP contribution in [-0.2, 0) is 23.4 Å². The van der Waals surface area contributed by atoms with Crippen LogP contribution in [0.15, 0.2) is 18.5 Å². The molecule has 9 heteroatoms. The molecule has 1 fully saturated rings. The van der Waals surface area contributed by atoms with E-state index in [2.05, 4.69) is 22.5 Å². The second-order valence-electron chi connectivity index (χ2n) is 7.46.